The minimum absolute atomic E-state index is 0.0435. The van der Waals surface area contributed by atoms with E-state index in [1.807, 2.05) is 6.92 Å². The Hall–Kier alpha value is -2.11. The predicted molar refractivity (Wildman–Crippen MR) is 67.4 cm³/mol. The summed E-state index contributed by atoms with van der Waals surface area (Å²) in [7, 11) is 0. The number of rotatable bonds is 4. The lowest BCUT2D eigenvalue weighted by molar-refractivity contribution is -0.384. The highest BCUT2D eigenvalue weighted by Crippen LogP contribution is 2.27. The number of nitrogens with two attached hydrogens (primary N) is 1. The Balaban J connectivity index is 3.16. The van der Waals surface area contributed by atoms with Crippen LogP contribution in [0.3, 0.4) is 0 Å². The van der Waals surface area contributed by atoms with Crippen molar-refractivity contribution >= 4 is 17.3 Å². The van der Waals surface area contributed by atoms with Crippen molar-refractivity contribution < 1.29 is 14.5 Å². The topological polar surface area (TPSA) is 95.5 Å². The van der Waals surface area contributed by atoms with Crippen molar-refractivity contribution in [1.82, 2.24) is 0 Å². The van der Waals surface area contributed by atoms with Gasteiger partial charge in [0.05, 0.1) is 16.6 Å². The average molecular weight is 252 g/mol. The number of anilines is 1. The number of benzene rings is 1. The molecule has 0 aliphatic rings. The molecule has 0 amide bonds. The molecular weight excluding hydrogens is 236 g/mol. The Labute approximate surface area is 105 Å². The van der Waals surface area contributed by atoms with Crippen molar-refractivity contribution in [2.45, 2.75) is 33.3 Å². The quantitative estimate of drug-likeness (QED) is 0.384. The van der Waals surface area contributed by atoms with Gasteiger partial charge in [0, 0.05) is 6.07 Å². The number of carbonyl (C=O) groups excluding carboxylic acids is 1. The van der Waals surface area contributed by atoms with Crippen molar-refractivity contribution in [1.29, 1.82) is 0 Å². The van der Waals surface area contributed by atoms with Crippen molar-refractivity contribution in [3.05, 3.63) is 33.4 Å². The van der Waals surface area contributed by atoms with Gasteiger partial charge in [-0.25, -0.2) is 4.79 Å². The maximum Gasteiger partial charge on any atom is 0.340 e. The summed E-state index contributed by atoms with van der Waals surface area (Å²) in [6.07, 6.45) is 0.413. The molecule has 2 N–H and O–H groups in total. The van der Waals surface area contributed by atoms with Crippen LogP contribution in [0.1, 0.15) is 36.2 Å². The highest BCUT2D eigenvalue weighted by atomic mass is 16.6. The van der Waals surface area contributed by atoms with Crippen LogP contribution in [0.2, 0.25) is 0 Å². The van der Waals surface area contributed by atoms with E-state index in [-0.39, 0.29) is 23.0 Å². The summed E-state index contributed by atoms with van der Waals surface area (Å²) in [4.78, 5) is 22.0. The van der Waals surface area contributed by atoms with Gasteiger partial charge in [0.25, 0.3) is 5.69 Å². The second kappa shape index (κ2) is 5.48. The lowest BCUT2D eigenvalue weighted by atomic mass is 10.1. The number of hydrogen-bond donors (Lipinski definition) is 1. The van der Waals surface area contributed by atoms with Gasteiger partial charge in [-0.05, 0) is 31.9 Å². The van der Waals surface area contributed by atoms with Gasteiger partial charge < -0.3 is 10.5 Å². The van der Waals surface area contributed by atoms with E-state index in [4.69, 9.17) is 10.5 Å². The third-order valence-corrected chi connectivity index (χ3v) is 2.60. The normalized spacial score (nSPS) is 11.9. The minimum Gasteiger partial charge on any atom is -0.459 e. The molecule has 0 aliphatic heterocycles. The number of aryl methyl sites for hydroxylation is 1. The van der Waals surface area contributed by atoms with E-state index in [0.29, 0.717) is 12.0 Å². The fourth-order valence-electron chi connectivity index (χ4n) is 1.43. The summed E-state index contributed by atoms with van der Waals surface area (Å²) >= 11 is 0. The number of ether oxygens (including phenoxy) is 1. The van der Waals surface area contributed by atoms with Crippen molar-refractivity contribution in [2.75, 3.05) is 5.73 Å². The molecule has 18 heavy (non-hydrogen) atoms. The van der Waals surface area contributed by atoms with Crippen LogP contribution in [0.25, 0.3) is 0 Å². The number of nitrogen functional groups attached to an aromatic ring is 1. The van der Waals surface area contributed by atoms with E-state index < -0.39 is 10.9 Å². The second-order valence-corrected chi connectivity index (χ2v) is 4.13. The molecule has 98 valence electrons. The average Bonchev–Trinajstić information content (AvgIpc) is 2.30. The lowest BCUT2D eigenvalue weighted by Crippen LogP contribution is -2.16. The molecule has 1 unspecified atom stereocenters. The van der Waals surface area contributed by atoms with Crippen molar-refractivity contribution in [3.63, 3.8) is 0 Å². The summed E-state index contributed by atoms with van der Waals surface area (Å²) in [5.74, 6) is -0.631. The summed E-state index contributed by atoms with van der Waals surface area (Å²) in [5, 5.41) is 10.8. The van der Waals surface area contributed by atoms with Crippen LogP contribution >= 0.6 is 0 Å². The van der Waals surface area contributed by atoms with Gasteiger partial charge >= 0.3 is 5.97 Å². The maximum absolute atomic E-state index is 11.8. The molecular formula is C12H16N2O4. The molecule has 0 saturated carbocycles. The first kappa shape index (κ1) is 14.0. The number of nitrogens with zero attached hydrogens (tertiary/aromatic N) is 1. The molecule has 0 aromatic heterocycles. The summed E-state index contributed by atoms with van der Waals surface area (Å²) < 4.78 is 5.11. The Kier molecular flexibility index (Phi) is 4.25. The van der Waals surface area contributed by atoms with Crippen LogP contribution in [-0.4, -0.2) is 17.0 Å². The molecule has 6 heteroatoms. The Morgan fingerprint density at radius 3 is 2.67 bits per heavy atom. The molecule has 1 rings (SSSR count). The molecule has 0 bridgehead atoms. The Morgan fingerprint density at radius 1 is 1.56 bits per heavy atom. The first-order chi connectivity index (χ1) is 8.36. The van der Waals surface area contributed by atoms with E-state index >= 15 is 0 Å². The van der Waals surface area contributed by atoms with Crippen LogP contribution in [0.15, 0.2) is 12.1 Å². The van der Waals surface area contributed by atoms with Crippen LogP contribution in [0.5, 0.6) is 0 Å². The number of carbonyl (C=O) groups is 1. The zero-order valence-corrected chi connectivity index (χ0v) is 10.6. The fourth-order valence-corrected chi connectivity index (χ4v) is 1.43. The Bertz CT molecular complexity index is 485. The molecule has 1 atom stereocenters. The predicted octanol–water partition coefficient (Wildman–Crippen LogP) is 2.44. The van der Waals surface area contributed by atoms with Gasteiger partial charge in [0.15, 0.2) is 0 Å². The van der Waals surface area contributed by atoms with E-state index in [2.05, 4.69) is 0 Å². The number of nitro benzene ring substituents is 1. The maximum atomic E-state index is 11.8. The third-order valence-electron chi connectivity index (χ3n) is 2.60. The highest BCUT2D eigenvalue weighted by molar-refractivity contribution is 5.97. The zero-order valence-electron chi connectivity index (χ0n) is 10.6. The van der Waals surface area contributed by atoms with Crippen LogP contribution < -0.4 is 5.73 Å². The standard InChI is InChI=1S/C12H16N2O4/c1-4-8(3)18-12(15)9-5-7(2)6-10(11(9)13)14(16)17/h5-6,8H,4,13H2,1-3H3. The molecule has 0 spiro atoms. The molecule has 0 fully saturated rings. The van der Waals surface area contributed by atoms with E-state index in [0.717, 1.165) is 0 Å². The van der Waals surface area contributed by atoms with E-state index in [1.54, 1.807) is 13.8 Å². The third kappa shape index (κ3) is 2.97. The number of nitro groups is 1. The van der Waals surface area contributed by atoms with Gasteiger partial charge in [0.2, 0.25) is 0 Å². The summed E-state index contributed by atoms with van der Waals surface area (Å²) in [6.45, 7) is 5.28. The second-order valence-electron chi connectivity index (χ2n) is 4.13. The van der Waals surface area contributed by atoms with Gasteiger partial charge in [0.1, 0.15) is 5.69 Å². The Morgan fingerprint density at radius 2 is 2.17 bits per heavy atom. The van der Waals surface area contributed by atoms with Gasteiger partial charge in [-0.15, -0.1) is 0 Å². The summed E-state index contributed by atoms with van der Waals surface area (Å²) in [5.41, 5.74) is 5.84. The molecule has 0 aliphatic carbocycles. The van der Waals surface area contributed by atoms with Gasteiger partial charge in [-0.3, -0.25) is 10.1 Å². The van der Waals surface area contributed by atoms with Gasteiger partial charge in [-0.2, -0.15) is 0 Å². The highest BCUT2D eigenvalue weighted by Gasteiger charge is 2.22. The monoisotopic (exact) mass is 252 g/mol. The SMILES string of the molecule is CCC(C)OC(=O)c1cc(C)cc([N+](=O)[O-])c1N. The smallest absolute Gasteiger partial charge is 0.340 e. The van der Waals surface area contributed by atoms with E-state index in [1.165, 1.54) is 12.1 Å². The largest absolute Gasteiger partial charge is 0.459 e. The molecule has 1 aromatic carbocycles. The summed E-state index contributed by atoms with van der Waals surface area (Å²) in [6, 6.07) is 2.82. The molecule has 0 heterocycles. The molecule has 1 aromatic rings. The number of hydrogen-bond acceptors (Lipinski definition) is 5. The van der Waals surface area contributed by atoms with Crippen LogP contribution in [0, 0.1) is 17.0 Å². The van der Waals surface area contributed by atoms with E-state index in [9.17, 15) is 14.9 Å². The zero-order chi connectivity index (χ0) is 13.9. The van der Waals surface area contributed by atoms with Crippen LogP contribution in [-0.2, 0) is 4.74 Å². The first-order valence-electron chi connectivity index (χ1n) is 5.62. The lowest BCUT2D eigenvalue weighted by Gasteiger charge is -2.12. The first-order valence-corrected chi connectivity index (χ1v) is 5.62. The van der Waals surface area contributed by atoms with Crippen LogP contribution in [0.4, 0.5) is 11.4 Å². The molecule has 0 radical (unpaired) electrons. The number of esters is 1. The minimum atomic E-state index is -0.631. The van der Waals surface area contributed by atoms with Gasteiger partial charge in [-0.1, -0.05) is 6.92 Å². The molecule has 0 saturated heterocycles. The van der Waals surface area contributed by atoms with Crippen molar-refractivity contribution in [2.24, 2.45) is 0 Å². The fraction of sp³-hybridized carbons (Fsp3) is 0.417. The molecule has 6 nitrogen and oxygen atoms in total. The van der Waals surface area contributed by atoms with Crippen molar-refractivity contribution in [3.8, 4) is 0 Å².